The van der Waals surface area contributed by atoms with Crippen LogP contribution in [0.2, 0.25) is 0 Å². The highest BCUT2D eigenvalue weighted by molar-refractivity contribution is 9.10. The predicted molar refractivity (Wildman–Crippen MR) is 77.3 cm³/mol. The van der Waals surface area contributed by atoms with Gasteiger partial charge in [0.05, 0.1) is 0 Å². The molecule has 94 valence electrons. The maximum absolute atomic E-state index is 6.00. The van der Waals surface area contributed by atoms with Gasteiger partial charge in [0.25, 0.3) is 0 Å². The maximum atomic E-state index is 6.00. The van der Waals surface area contributed by atoms with Crippen LogP contribution in [0.1, 0.15) is 31.2 Å². The first-order valence-electron chi connectivity index (χ1n) is 6.41. The molecule has 2 rings (SSSR count). The number of hydrogen-bond acceptors (Lipinski definition) is 2. The molecule has 0 aromatic heterocycles. The molecule has 3 N–H and O–H groups in total. The Bertz CT molecular complexity index is 378. The highest BCUT2D eigenvalue weighted by atomic mass is 79.9. The summed E-state index contributed by atoms with van der Waals surface area (Å²) in [6.07, 6.45) is 4.97. The van der Waals surface area contributed by atoms with Crippen molar-refractivity contribution in [3.8, 4) is 0 Å². The molecule has 1 aliphatic rings. The zero-order valence-corrected chi connectivity index (χ0v) is 12.0. The lowest BCUT2D eigenvalue weighted by Crippen LogP contribution is -2.30. The molecular weight excluding hydrogens is 276 g/mol. The van der Waals surface area contributed by atoms with E-state index in [1.807, 2.05) is 0 Å². The van der Waals surface area contributed by atoms with E-state index in [0.29, 0.717) is 6.04 Å². The first-order chi connectivity index (χ1) is 8.15. The fourth-order valence-electron chi connectivity index (χ4n) is 2.53. The highest BCUT2D eigenvalue weighted by Crippen LogP contribution is 2.24. The van der Waals surface area contributed by atoms with Crippen molar-refractivity contribution in [1.29, 1.82) is 0 Å². The molecule has 1 aromatic rings. The summed E-state index contributed by atoms with van der Waals surface area (Å²) in [5.41, 5.74) is 8.49. The Hall–Kier alpha value is -0.540. The van der Waals surface area contributed by atoms with E-state index >= 15 is 0 Å². The second-order valence-corrected chi connectivity index (χ2v) is 5.99. The van der Waals surface area contributed by atoms with Crippen molar-refractivity contribution in [3.63, 3.8) is 0 Å². The molecule has 2 atom stereocenters. The number of rotatable bonds is 3. The number of hydrogen-bond donors (Lipinski definition) is 2. The quantitative estimate of drug-likeness (QED) is 0.893. The van der Waals surface area contributed by atoms with Gasteiger partial charge in [-0.15, -0.1) is 0 Å². The second kappa shape index (κ2) is 5.87. The van der Waals surface area contributed by atoms with Crippen LogP contribution in [0.3, 0.4) is 0 Å². The van der Waals surface area contributed by atoms with Crippen LogP contribution in [0, 0.1) is 12.8 Å². The molecule has 17 heavy (non-hydrogen) atoms. The topological polar surface area (TPSA) is 38.0 Å². The molecule has 0 amide bonds. The van der Waals surface area contributed by atoms with Gasteiger partial charge in [0.15, 0.2) is 0 Å². The fraction of sp³-hybridized carbons (Fsp3) is 0.571. The van der Waals surface area contributed by atoms with Gasteiger partial charge < -0.3 is 11.1 Å². The van der Waals surface area contributed by atoms with Gasteiger partial charge in [-0.05, 0) is 55.9 Å². The van der Waals surface area contributed by atoms with Crippen LogP contribution in [-0.4, -0.2) is 12.6 Å². The first kappa shape index (κ1) is 12.9. The molecule has 2 unspecified atom stereocenters. The number of nitrogens with one attached hydrogen (secondary N) is 1. The molecule has 0 radical (unpaired) electrons. The third-order valence-electron chi connectivity index (χ3n) is 3.58. The van der Waals surface area contributed by atoms with E-state index in [-0.39, 0.29) is 0 Å². The SMILES string of the molecule is Cc1cc(NCC2CCCC(N)C2)ccc1Br. The molecular formula is C14H21BrN2. The zero-order valence-electron chi connectivity index (χ0n) is 10.4. The summed E-state index contributed by atoms with van der Waals surface area (Å²) in [7, 11) is 0. The van der Waals surface area contributed by atoms with Crippen molar-refractivity contribution < 1.29 is 0 Å². The van der Waals surface area contributed by atoms with Gasteiger partial charge in [-0.25, -0.2) is 0 Å². The minimum atomic E-state index is 0.419. The summed E-state index contributed by atoms with van der Waals surface area (Å²) in [5.74, 6) is 0.739. The molecule has 1 saturated carbocycles. The molecule has 1 aliphatic carbocycles. The van der Waals surface area contributed by atoms with Gasteiger partial charge in [0.1, 0.15) is 0 Å². The Kier molecular flexibility index (Phi) is 4.46. The van der Waals surface area contributed by atoms with Crippen molar-refractivity contribution in [2.24, 2.45) is 11.7 Å². The second-order valence-electron chi connectivity index (χ2n) is 5.14. The minimum Gasteiger partial charge on any atom is -0.385 e. The summed E-state index contributed by atoms with van der Waals surface area (Å²) in [4.78, 5) is 0. The maximum Gasteiger partial charge on any atom is 0.0343 e. The molecule has 0 bridgehead atoms. The van der Waals surface area contributed by atoms with E-state index in [9.17, 15) is 0 Å². The number of anilines is 1. The molecule has 0 aliphatic heterocycles. The molecule has 0 heterocycles. The van der Waals surface area contributed by atoms with Gasteiger partial charge in [0.2, 0.25) is 0 Å². The predicted octanol–water partition coefficient (Wildman–Crippen LogP) is 3.69. The normalized spacial score (nSPS) is 24.6. The van der Waals surface area contributed by atoms with Crippen molar-refractivity contribution >= 4 is 21.6 Å². The van der Waals surface area contributed by atoms with Crippen molar-refractivity contribution in [2.75, 3.05) is 11.9 Å². The smallest absolute Gasteiger partial charge is 0.0343 e. The average molecular weight is 297 g/mol. The van der Waals surface area contributed by atoms with Gasteiger partial charge >= 0.3 is 0 Å². The Morgan fingerprint density at radius 3 is 2.94 bits per heavy atom. The van der Waals surface area contributed by atoms with E-state index in [1.54, 1.807) is 0 Å². The Balaban J connectivity index is 1.86. The lowest BCUT2D eigenvalue weighted by molar-refractivity contribution is 0.335. The fourth-order valence-corrected chi connectivity index (χ4v) is 2.78. The molecule has 1 fully saturated rings. The zero-order chi connectivity index (χ0) is 12.3. The third-order valence-corrected chi connectivity index (χ3v) is 4.47. The molecule has 0 spiro atoms. The lowest BCUT2D eigenvalue weighted by Gasteiger charge is -2.27. The van der Waals surface area contributed by atoms with Crippen LogP contribution in [0.4, 0.5) is 5.69 Å². The first-order valence-corrected chi connectivity index (χ1v) is 7.20. The molecule has 3 heteroatoms. The van der Waals surface area contributed by atoms with E-state index in [1.165, 1.54) is 41.4 Å². The van der Waals surface area contributed by atoms with Crippen LogP contribution >= 0.6 is 15.9 Å². The Labute approximate surface area is 112 Å². The molecule has 1 aromatic carbocycles. The van der Waals surface area contributed by atoms with Gasteiger partial charge in [-0.2, -0.15) is 0 Å². The van der Waals surface area contributed by atoms with Gasteiger partial charge in [-0.1, -0.05) is 22.4 Å². The van der Waals surface area contributed by atoms with Gasteiger partial charge in [-0.3, -0.25) is 0 Å². The average Bonchev–Trinajstić information content (AvgIpc) is 2.31. The van der Waals surface area contributed by atoms with E-state index in [0.717, 1.165) is 12.5 Å². The van der Waals surface area contributed by atoms with Crippen LogP contribution in [0.5, 0.6) is 0 Å². The van der Waals surface area contributed by atoms with E-state index in [2.05, 4.69) is 46.4 Å². The van der Waals surface area contributed by atoms with Crippen LogP contribution in [-0.2, 0) is 0 Å². The highest BCUT2D eigenvalue weighted by Gasteiger charge is 2.18. The van der Waals surface area contributed by atoms with E-state index < -0.39 is 0 Å². The third kappa shape index (κ3) is 3.71. The van der Waals surface area contributed by atoms with E-state index in [4.69, 9.17) is 5.73 Å². The summed E-state index contributed by atoms with van der Waals surface area (Å²) in [5, 5.41) is 3.53. The van der Waals surface area contributed by atoms with Crippen LogP contribution in [0.25, 0.3) is 0 Å². The number of nitrogens with two attached hydrogens (primary N) is 1. The van der Waals surface area contributed by atoms with Gasteiger partial charge in [0, 0.05) is 22.7 Å². The summed E-state index contributed by atoms with van der Waals surface area (Å²) < 4.78 is 1.17. The summed E-state index contributed by atoms with van der Waals surface area (Å²) in [6, 6.07) is 6.83. The van der Waals surface area contributed by atoms with Crippen molar-refractivity contribution in [2.45, 2.75) is 38.6 Å². The number of halogens is 1. The molecule has 2 nitrogen and oxygen atoms in total. The molecule has 0 saturated heterocycles. The van der Waals surface area contributed by atoms with Crippen LogP contribution in [0.15, 0.2) is 22.7 Å². The van der Waals surface area contributed by atoms with Crippen molar-refractivity contribution in [1.82, 2.24) is 0 Å². The monoisotopic (exact) mass is 296 g/mol. The van der Waals surface area contributed by atoms with Crippen molar-refractivity contribution in [3.05, 3.63) is 28.2 Å². The van der Waals surface area contributed by atoms with Crippen LogP contribution < -0.4 is 11.1 Å². The largest absolute Gasteiger partial charge is 0.385 e. The summed E-state index contributed by atoms with van der Waals surface area (Å²) >= 11 is 3.52. The standard InChI is InChI=1S/C14H21BrN2/c1-10-7-13(5-6-14(10)15)17-9-11-3-2-4-12(16)8-11/h5-7,11-12,17H,2-4,8-9,16H2,1H3. The Morgan fingerprint density at radius 2 is 2.24 bits per heavy atom. The summed E-state index contributed by atoms with van der Waals surface area (Å²) in [6.45, 7) is 3.17. The number of aryl methyl sites for hydroxylation is 1. The number of benzene rings is 1. The lowest BCUT2D eigenvalue weighted by atomic mass is 9.86. The Morgan fingerprint density at radius 1 is 1.41 bits per heavy atom. The minimum absolute atomic E-state index is 0.419.